The maximum absolute atomic E-state index is 12.4. The van der Waals surface area contributed by atoms with E-state index in [1.165, 1.54) is 0 Å². The average molecular weight is 402 g/mol. The minimum Gasteiger partial charge on any atom is -0.476 e. The molecular formula is C18H28ClNO5Si. The third kappa shape index (κ3) is 6.89. The highest BCUT2D eigenvalue weighted by Gasteiger charge is 2.32. The summed E-state index contributed by atoms with van der Waals surface area (Å²) in [7, 11) is -1.95. The van der Waals surface area contributed by atoms with Crippen molar-refractivity contribution < 1.29 is 23.1 Å². The summed E-state index contributed by atoms with van der Waals surface area (Å²) in [5, 5.41) is 0.616. The molecule has 1 aromatic carbocycles. The Morgan fingerprint density at radius 2 is 1.77 bits per heavy atom. The van der Waals surface area contributed by atoms with Crippen molar-refractivity contribution in [2.75, 3.05) is 39.5 Å². The van der Waals surface area contributed by atoms with Crippen LogP contribution in [0.5, 0.6) is 5.75 Å². The van der Waals surface area contributed by atoms with Gasteiger partial charge in [-0.3, -0.25) is 4.90 Å². The topological polar surface area (TPSA) is 57.2 Å². The molecule has 146 valence electrons. The van der Waals surface area contributed by atoms with Crippen molar-refractivity contribution in [3.05, 3.63) is 29.3 Å². The van der Waals surface area contributed by atoms with Crippen LogP contribution in [0.25, 0.3) is 0 Å². The Kier molecular flexibility index (Phi) is 7.49. The predicted molar refractivity (Wildman–Crippen MR) is 103 cm³/mol. The molecule has 0 N–H and O–H groups in total. The van der Waals surface area contributed by atoms with Crippen molar-refractivity contribution in [3.63, 3.8) is 0 Å². The first kappa shape index (κ1) is 21.2. The number of ether oxygens (including phenoxy) is 2. The molecule has 0 amide bonds. The van der Waals surface area contributed by atoms with Crippen LogP contribution >= 0.6 is 11.6 Å². The SMILES string of the molecule is CC(C)(Oc1ccc(Cl)cc1)C(=O)OCCN1CCO[Si](C)(C)OCC1. The van der Waals surface area contributed by atoms with Crippen LogP contribution in [0, 0.1) is 0 Å². The van der Waals surface area contributed by atoms with Gasteiger partial charge < -0.3 is 18.3 Å². The summed E-state index contributed by atoms with van der Waals surface area (Å²) in [5.74, 6) is 0.168. The van der Waals surface area contributed by atoms with Crippen LogP contribution in [-0.2, 0) is 18.4 Å². The molecule has 2 rings (SSSR count). The van der Waals surface area contributed by atoms with Crippen LogP contribution in [0.15, 0.2) is 24.3 Å². The minimum atomic E-state index is -1.95. The van der Waals surface area contributed by atoms with Gasteiger partial charge in [-0.2, -0.15) is 0 Å². The molecule has 0 bridgehead atoms. The van der Waals surface area contributed by atoms with E-state index >= 15 is 0 Å². The zero-order valence-electron chi connectivity index (χ0n) is 15.9. The second-order valence-electron chi connectivity index (χ2n) is 7.14. The number of benzene rings is 1. The van der Waals surface area contributed by atoms with E-state index in [9.17, 15) is 4.79 Å². The number of rotatable bonds is 6. The van der Waals surface area contributed by atoms with Gasteiger partial charge in [0.15, 0.2) is 5.60 Å². The van der Waals surface area contributed by atoms with E-state index in [1.807, 2.05) is 13.1 Å². The molecule has 1 fully saturated rings. The molecule has 0 atom stereocenters. The number of carbonyl (C=O) groups excluding carboxylic acids is 1. The Balaban J connectivity index is 1.75. The van der Waals surface area contributed by atoms with Crippen LogP contribution in [-0.4, -0.2) is 64.5 Å². The lowest BCUT2D eigenvalue weighted by molar-refractivity contribution is -0.159. The van der Waals surface area contributed by atoms with Crippen LogP contribution in [0.1, 0.15) is 13.8 Å². The van der Waals surface area contributed by atoms with Gasteiger partial charge in [0.25, 0.3) is 0 Å². The van der Waals surface area contributed by atoms with Gasteiger partial charge in [-0.1, -0.05) is 11.6 Å². The van der Waals surface area contributed by atoms with Gasteiger partial charge in [0, 0.05) is 37.9 Å². The fourth-order valence-corrected chi connectivity index (χ4v) is 3.87. The lowest BCUT2D eigenvalue weighted by Crippen LogP contribution is -2.45. The van der Waals surface area contributed by atoms with Gasteiger partial charge in [-0.15, -0.1) is 0 Å². The molecule has 1 aliphatic rings. The number of nitrogens with zero attached hydrogens (tertiary/aromatic N) is 1. The highest BCUT2D eigenvalue weighted by atomic mass is 35.5. The molecule has 0 aliphatic carbocycles. The molecule has 8 heteroatoms. The first-order chi connectivity index (χ1) is 12.2. The number of esters is 1. The molecule has 1 heterocycles. The Labute approximate surface area is 161 Å². The molecule has 0 unspecified atom stereocenters. The summed E-state index contributed by atoms with van der Waals surface area (Å²) in [6.07, 6.45) is 0. The Bertz CT molecular complexity index is 582. The lowest BCUT2D eigenvalue weighted by atomic mass is 10.1. The molecule has 0 radical (unpaired) electrons. The van der Waals surface area contributed by atoms with Crippen LogP contribution in [0.4, 0.5) is 0 Å². The van der Waals surface area contributed by atoms with Crippen molar-refractivity contribution in [1.29, 1.82) is 0 Å². The molecule has 1 aromatic rings. The lowest BCUT2D eigenvalue weighted by Gasteiger charge is -2.31. The van der Waals surface area contributed by atoms with Crippen LogP contribution < -0.4 is 4.74 Å². The predicted octanol–water partition coefficient (Wildman–Crippen LogP) is 3.09. The quantitative estimate of drug-likeness (QED) is 0.539. The number of carbonyl (C=O) groups is 1. The summed E-state index contributed by atoms with van der Waals surface area (Å²) in [5.41, 5.74) is -1.08. The van der Waals surface area contributed by atoms with Gasteiger partial charge in [0.1, 0.15) is 12.4 Å². The molecule has 26 heavy (non-hydrogen) atoms. The summed E-state index contributed by atoms with van der Waals surface area (Å²) < 4.78 is 22.7. The van der Waals surface area contributed by atoms with E-state index in [2.05, 4.69) is 4.90 Å². The van der Waals surface area contributed by atoms with Crippen molar-refractivity contribution in [2.45, 2.75) is 32.5 Å². The third-order valence-electron chi connectivity index (χ3n) is 4.03. The normalized spacial score (nSPS) is 18.7. The molecule has 1 saturated heterocycles. The average Bonchev–Trinajstić information content (AvgIpc) is 2.54. The molecule has 0 spiro atoms. The fourth-order valence-electron chi connectivity index (χ4n) is 2.50. The van der Waals surface area contributed by atoms with Crippen molar-refractivity contribution in [1.82, 2.24) is 4.90 Å². The maximum Gasteiger partial charge on any atom is 0.349 e. The smallest absolute Gasteiger partial charge is 0.349 e. The highest BCUT2D eigenvalue weighted by Crippen LogP contribution is 2.21. The molecule has 0 aromatic heterocycles. The summed E-state index contributed by atoms with van der Waals surface area (Å²) >= 11 is 5.86. The summed E-state index contributed by atoms with van der Waals surface area (Å²) in [6.45, 7) is 11.3. The largest absolute Gasteiger partial charge is 0.476 e. The van der Waals surface area contributed by atoms with E-state index in [0.29, 0.717) is 37.1 Å². The minimum absolute atomic E-state index is 0.299. The van der Waals surface area contributed by atoms with Crippen molar-refractivity contribution in [3.8, 4) is 5.75 Å². The van der Waals surface area contributed by atoms with Crippen LogP contribution in [0.2, 0.25) is 18.1 Å². The summed E-state index contributed by atoms with van der Waals surface area (Å²) in [6, 6.07) is 6.88. The van der Waals surface area contributed by atoms with E-state index in [1.54, 1.807) is 38.1 Å². The maximum atomic E-state index is 12.4. The fraction of sp³-hybridized carbons (Fsp3) is 0.611. The highest BCUT2D eigenvalue weighted by molar-refractivity contribution is 6.64. The molecule has 6 nitrogen and oxygen atoms in total. The third-order valence-corrected chi connectivity index (χ3v) is 6.08. The Morgan fingerprint density at radius 1 is 1.19 bits per heavy atom. The second kappa shape index (κ2) is 9.19. The van der Waals surface area contributed by atoms with Gasteiger partial charge in [0.2, 0.25) is 0 Å². The van der Waals surface area contributed by atoms with E-state index in [-0.39, 0.29) is 0 Å². The zero-order valence-corrected chi connectivity index (χ0v) is 17.7. The standard InChI is InChI=1S/C18H28ClNO5Si/c1-18(2,25-16-7-5-15(19)6-8-16)17(21)22-12-9-20-10-13-23-26(3,4)24-14-11-20/h5-8H,9-14H2,1-4H3. The Hall–Kier alpha value is -1.12. The number of halogens is 1. The Morgan fingerprint density at radius 3 is 2.35 bits per heavy atom. The molecule has 1 aliphatic heterocycles. The zero-order chi connectivity index (χ0) is 19.2. The number of hydrogen-bond acceptors (Lipinski definition) is 6. The first-order valence-corrected chi connectivity index (χ1v) is 12.0. The molecule has 0 saturated carbocycles. The summed E-state index contributed by atoms with van der Waals surface area (Å²) in [4.78, 5) is 14.5. The number of hydrogen-bond donors (Lipinski definition) is 0. The van der Waals surface area contributed by atoms with Gasteiger partial charge in [-0.05, 0) is 51.2 Å². The second-order valence-corrected chi connectivity index (χ2v) is 11.0. The van der Waals surface area contributed by atoms with Gasteiger partial charge >= 0.3 is 14.5 Å². The van der Waals surface area contributed by atoms with Crippen LogP contribution in [0.3, 0.4) is 0 Å². The van der Waals surface area contributed by atoms with E-state index < -0.39 is 20.1 Å². The van der Waals surface area contributed by atoms with E-state index in [0.717, 1.165) is 13.1 Å². The monoisotopic (exact) mass is 401 g/mol. The van der Waals surface area contributed by atoms with Crippen molar-refractivity contribution in [2.24, 2.45) is 0 Å². The first-order valence-electron chi connectivity index (χ1n) is 8.80. The van der Waals surface area contributed by atoms with Gasteiger partial charge in [-0.25, -0.2) is 4.79 Å². The van der Waals surface area contributed by atoms with E-state index in [4.69, 9.17) is 29.9 Å². The van der Waals surface area contributed by atoms with Gasteiger partial charge in [0.05, 0.1) is 0 Å². The molecular weight excluding hydrogens is 374 g/mol. The van der Waals surface area contributed by atoms with Crippen molar-refractivity contribution >= 4 is 26.1 Å².